The number of hydrogen-bond acceptors (Lipinski definition) is 3. The second kappa shape index (κ2) is 7.22. The number of H-pyrrole nitrogens is 1. The zero-order chi connectivity index (χ0) is 16.1. The van der Waals surface area contributed by atoms with Crippen LogP contribution in [0.4, 0.5) is 10.5 Å². The number of amides is 2. The Morgan fingerprint density at radius 2 is 2.05 bits per heavy atom. The Balaban J connectivity index is 1.85. The van der Waals surface area contributed by atoms with Gasteiger partial charge in [0.1, 0.15) is 0 Å². The number of nitrogens with one attached hydrogen (secondary N) is 3. The van der Waals surface area contributed by atoms with Crippen molar-refractivity contribution < 1.29 is 9.00 Å². The largest absolute Gasteiger partial charge is 0.335 e. The lowest BCUT2D eigenvalue weighted by molar-refractivity contribution is 0.249. The molecule has 0 radical (unpaired) electrons. The summed E-state index contributed by atoms with van der Waals surface area (Å²) in [4.78, 5) is 12.7. The van der Waals surface area contributed by atoms with E-state index in [2.05, 4.69) is 20.8 Å². The molecule has 7 heteroatoms. The van der Waals surface area contributed by atoms with E-state index in [9.17, 15) is 9.00 Å². The van der Waals surface area contributed by atoms with Crippen molar-refractivity contribution in [1.29, 1.82) is 0 Å². The van der Waals surface area contributed by atoms with Gasteiger partial charge in [-0.25, -0.2) is 4.79 Å². The average molecular weight is 320 g/mol. The number of aromatic amines is 1. The number of aryl methyl sites for hydroxylation is 1. The maximum Gasteiger partial charge on any atom is 0.319 e. The van der Waals surface area contributed by atoms with Crippen LogP contribution in [-0.4, -0.2) is 32.7 Å². The number of hydrogen-bond donors (Lipinski definition) is 3. The van der Waals surface area contributed by atoms with Crippen molar-refractivity contribution >= 4 is 22.5 Å². The molecular formula is C15H20N4O2S. The van der Waals surface area contributed by atoms with Gasteiger partial charge in [-0.1, -0.05) is 0 Å². The van der Waals surface area contributed by atoms with Crippen LogP contribution < -0.4 is 10.6 Å². The first kappa shape index (κ1) is 16.2. The van der Waals surface area contributed by atoms with Gasteiger partial charge < -0.3 is 10.6 Å². The molecule has 2 atom stereocenters. The third-order valence-corrected chi connectivity index (χ3v) is 4.03. The Labute approximate surface area is 132 Å². The average Bonchev–Trinajstić information content (AvgIpc) is 2.84. The molecule has 1 aromatic heterocycles. The second-order valence-corrected chi connectivity index (χ2v) is 6.60. The monoisotopic (exact) mass is 320 g/mol. The lowest BCUT2D eigenvalue weighted by Crippen LogP contribution is -2.37. The molecular weight excluding hydrogens is 300 g/mol. The molecule has 0 aliphatic carbocycles. The van der Waals surface area contributed by atoms with Crippen molar-refractivity contribution in [3.8, 4) is 0 Å². The fraction of sp³-hybridized carbons (Fsp3) is 0.333. The first-order valence-corrected chi connectivity index (χ1v) is 8.51. The first-order chi connectivity index (χ1) is 10.4. The van der Waals surface area contributed by atoms with Crippen LogP contribution in [0.1, 0.15) is 18.3 Å². The smallest absolute Gasteiger partial charge is 0.319 e. The first-order valence-electron chi connectivity index (χ1n) is 6.96. The summed E-state index contributed by atoms with van der Waals surface area (Å²) in [5, 5.41) is 12.6. The maximum atomic E-state index is 11.9. The van der Waals surface area contributed by atoms with Gasteiger partial charge in [0, 0.05) is 45.8 Å². The normalized spacial score (nSPS) is 13.4. The minimum Gasteiger partial charge on any atom is -0.335 e. The predicted molar refractivity (Wildman–Crippen MR) is 87.4 cm³/mol. The molecule has 1 aromatic carbocycles. The van der Waals surface area contributed by atoms with Gasteiger partial charge in [0.2, 0.25) is 0 Å². The van der Waals surface area contributed by atoms with Crippen molar-refractivity contribution in [3.63, 3.8) is 0 Å². The summed E-state index contributed by atoms with van der Waals surface area (Å²) in [6.07, 6.45) is 2.28. The molecule has 22 heavy (non-hydrogen) atoms. The summed E-state index contributed by atoms with van der Waals surface area (Å²) in [6.45, 7) is 3.86. The fourth-order valence-corrected chi connectivity index (χ4v) is 2.58. The Morgan fingerprint density at radius 1 is 1.36 bits per heavy atom. The number of nitrogens with zero attached hydrogens (tertiary/aromatic N) is 1. The highest BCUT2D eigenvalue weighted by atomic mass is 32.2. The summed E-state index contributed by atoms with van der Waals surface area (Å²) < 4.78 is 11.3. The summed E-state index contributed by atoms with van der Waals surface area (Å²) >= 11 is 0. The highest BCUT2D eigenvalue weighted by Gasteiger charge is 2.10. The number of carbonyl (C=O) groups is 1. The Bertz CT molecular complexity index is 666. The van der Waals surface area contributed by atoms with E-state index in [0.717, 1.165) is 16.3 Å². The molecule has 1 heterocycles. The summed E-state index contributed by atoms with van der Waals surface area (Å²) in [7, 11) is -1.02. The Kier molecular flexibility index (Phi) is 5.32. The Morgan fingerprint density at radius 3 is 2.59 bits per heavy atom. The zero-order valence-electron chi connectivity index (χ0n) is 12.8. The lowest BCUT2D eigenvalue weighted by atomic mass is 10.2. The number of benzene rings is 1. The van der Waals surface area contributed by atoms with Crippen LogP contribution >= 0.6 is 0 Å². The van der Waals surface area contributed by atoms with Gasteiger partial charge in [0.25, 0.3) is 0 Å². The molecule has 0 bridgehead atoms. The number of urea groups is 1. The summed E-state index contributed by atoms with van der Waals surface area (Å²) in [5.74, 6) is 0. The van der Waals surface area contributed by atoms with Crippen LogP contribution in [0.25, 0.3) is 0 Å². The maximum absolute atomic E-state index is 11.9. The van der Waals surface area contributed by atoms with E-state index in [1.54, 1.807) is 30.5 Å². The number of rotatable bonds is 5. The quantitative estimate of drug-likeness (QED) is 0.789. The van der Waals surface area contributed by atoms with Gasteiger partial charge in [-0.2, -0.15) is 5.10 Å². The van der Waals surface area contributed by atoms with Crippen LogP contribution in [-0.2, 0) is 17.2 Å². The zero-order valence-corrected chi connectivity index (χ0v) is 13.7. The van der Waals surface area contributed by atoms with Gasteiger partial charge in [-0.05, 0) is 44.2 Å². The molecule has 0 unspecified atom stereocenters. The Hall–Kier alpha value is -2.15. The highest BCUT2D eigenvalue weighted by molar-refractivity contribution is 7.84. The van der Waals surface area contributed by atoms with Crippen LogP contribution in [0.3, 0.4) is 0 Å². The molecule has 0 saturated carbocycles. The summed E-state index contributed by atoms with van der Waals surface area (Å²) in [5.41, 5.74) is 2.58. The molecule has 2 rings (SSSR count). The minimum atomic E-state index is -1.02. The van der Waals surface area contributed by atoms with Crippen LogP contribution in [0.2, 0.25) is 0 Å². The van der Waals surface area contributed by atoms with Crippen molar-refractivity contribution in [2.24, 2.45) is 0 Å². The van der Waals surface area contributed by atoms with Crippen molar-refractivity contribution in [2.45, 2.75) is 31.2 Å². The van der Waals surface area contributed by atoms with Gasteiger partial charge in [0.05, 0.1) is 5.69 Å². The SMILES string of the molecule is Cc1cc(C[C@@H](C)NC(=O)Nc2ccc([S@](C)=O)cc2)n[nH]1. The number of aromatic nitrogens is 2. The molecule has 0 aliphatic heterocycles. The molecule has 0 fully saturated rings. The van der Waals surface area contributed by atoms with Gasteiger partial charge in [-0.15, -0.1) is 0 Å². The van der Waals surface area contributed by atoms with Crippen LogP contribution in [0.5, 0.6) is 0 Å². The standard InChI is InChI=1S/C15H20N4O2S/c1-10(8-13-9-11(2)18-19-13)16-15(20)17-12-4-6-14(7-5-12)22(3)21/h4-7,9-10H,8H2,1-3H3,(H,18,19)(H2,16,17,20)/t10-,22+/m1/s1. The van der Waals surface area contributed by atoms with Crippen molar-refractivity contribution in [3.05, 3.63) is 41.7 Å². The molecule has 6 nitrogen and oxygen atoms in total. The van der Waals surface area contributed by atoms with E-state index in [-0.39, 0.29) is 12.1 Å². The van der Waals surface area contributed by atoms with Gasteiger partial charge >= 0.3 is 6.03 Å². The second-order valence-electron chi connectivity index (χ2n) is 5.22. The number of carbonyl (C=O) groups excluding carboxylic acids is 1. The van der Waals surface area contributed by atoms with Crippen molar-refractivity contribution in [2.75, 3.05) is 11.6 Å². The van der Waals surface area contributed by atoms with Crippen molar-refractivity contribution in [1.82, 2.24) is 15.5 Å². The van der Waals surface area contributed by atoms with Gasteiger partial charge in [0.15, 0.2) is 0 Å². The van der Waals surface area contributed by atoms with E-state index in [0.29, 0.717) is 12.1 Å². The van der Waals surface area contributed by atoms with E-state index in [4.69, 9.17) is 0 Å². The topological polar surface area (TPSA) is 86.9 Å². The molecule has 0 saturated heterocycles. The lowest BCUT2D eigenvalue weighted by Gasteiger charge is -2.13. The van der Waals surface area contributed by atoms with Crippen LogP contribution in [0.15, 0.2) is 35.2 Å². The molecule has 2 amide bonds. The van der Waals surface area contributed by atoms with E-state index in [1.165, 1.54) is 0 Å². The van der Waals surface area contributed by atoms with Gasteiger partial charge in [-0.3, -0.25) is 9.31 Å². The van der Waals surface area contributed by atoms with E-state index in [1.807, 2.05) is 19.9 Å². The predicted octanol–water partition coefficient (Wildman–Crippen LogP) is 2.21. The fourth-order valence-electron chi connectivity index (χ4n) is 2.06. The number of anilines is 1. The van der Waals surface area contributed by atoms with E-state index >= 15 is 0 Å². The summed E-state index contributed by atoms with van der Waals surface area (Å²) in [6, 6.07) is 8.59. The van der Waals surface area contributed by atoms with Crippen LogP contribution in [0, 0.1) is 6.92 Å². The minimum absolute atomic E-state index is 0.0369. The molecule has 3 N–H and O–H groups in total. The third-order valence-electron chi connectivity index (χ3n) is 3.10. The molecule has 2 aromatic rings. The molecule has 118 valence electrons. The molecule has 0 aliphatic rings. The van der Waals surface area contributed by atoms with E-state index < -0.39 is 10.8 Å². The molecule has 0 spiro atoms. The third kappa shape index (κ3) is 4.70. The highest BCUT2D eigenvalue weighted by Crippen LogP contribution is 2.11.